The van der Waals surface area contributed by atoms with Crippen LogP contribution in [0.3, 0.4) is 0 Å². The van der Waals surface area contributed by atoms with Gasteiger partial charge in [-0.05, 0) is 25.3 Å². The summed E-state index contributed by atoms with van der Waals surface area (Å²) in [4.78, 5) is 18.2. The number of esters is 1. The summed E-state index contributed by atoms with van der Waals surface area (Å²) in [5, 5.41) is 4.25. The highest BCUT2D eigenvalue weighted by atomic mass is 16.5. The van der Waals surface area contributed by atoms with E-state index in [0.717, 1.165) is 31.8 Å². The Balaban J connectivity index is 2.04. The van der Waals surface area contributed by atoms with Gasteiger partial charge in [0.1, 0.15) is 18.2 Å². The van der Waals surface area contributed by atoms with E-state index in [1.54, 1.807) is 6.33 Å². The molecule has 0 spiro atoms. The maximum Gasteiger partial charge on any atom is 0.323 e. The van der Waals surface area contributed by atoms with Crippen molar-refractivity contribution in [2.75, 3.05) is 13.7 Å². The highest BCUT2D eigenvalue weighted by Gasteiger charge is 2.32. The third-order valence-electron chi connectivity index (χ3n) is 3.42. The maximum atomic E-state index is 11.7. The molecule has 2 heterocycles. The largest absolute Gasteiger partial charge is 0.468 e. The van der Waals surface area contributed by atoms with Gasteiger partial charge < -0.3 is 4.74 Å². The molecule has 1 aliphatic heterocycles. The molecule has 0 bridgehead atoms. The van der Waals surface area contributed by atoms with E-state index in [0.29, 0.717) is 12.5 Å². The molecule has 1 atom stereocenters. The van der Waals surface area contributed by atoms with E-state index in [9.17, 15) is 4.79 Å². The molecule has 1 unspecified atom stereocenters. The highest BCUT2D eigenvalue weighted by molar-refractivity contribution is 5.75. The van der Waals surface area contributed by atoms with Gasteiger partial charge in [0.25, 0.3) is 0 Å². The van der Waals surface area contributed by atoms with E-state index in [1.165, 1.54) is 7.11 Å². The van der Waals surface area contributed by atoms with Gasteiger partial charge >= 0.3 is 5.97 Å². The molecule has 6 nitrogen and oxygen atoms in total. The van der Waals surface area contributed by atoms with Crippen molar-refractivity contribution in [2.24, 2.45) is 5.92 Å². The molecule has 1 fully saturated rings. The molecule has 1 aromatic heterocycles. The minimum Gasteiger partial charge on any atom is -0.468 e. The van der Waals surface area contributed by atoms with Gasteiger partial charge in [-0.15, -0.1) is 0 Å². The first-order valence-electron chi connectivity index (χ1n) is 6.80. The topological polar surface area (TPSA) is 60.2 Å². The Bertz CT molecular complexity index is 430. The van der Waals surface area contributed by atoms with Crippen molar-refractivity contribution >= 4 is 5.97 Å². The monoisotopic (exact) mass is 266 g/mol. The van der Waals surface area contributed by atoms with Crippen molar-refractivity contribution in [3.8, 4) is 0 Å². The lowest BCUT2D eigenvalue weighted by atomic mass is 10.2. The second-order valence-electron chi connectivity index (χ2n) is 5.40. The molecule has 1 aliphatic rings. The quantitative estimate of drug-likeness (QED) is 0.746. The van der Waals surface area contributed by atoms with E-state index in [2.05, 4.69) is 28.8 Å². The fraction of sp³-hybridized carbons (Fsp3) is 0.769. The minimum atomic E-state index is -0.146. The van der Waals surface area contributed by atoms with Crippen LogP contribution in [-0.2, 0) is 22.6 Å². The van der Waals surface area contributed by atoms with Crippen LogP contribution in [0.5, 0.6) is 0 Å². The number of hydrogen-bond acceptors (Lipinski definition) is 5. The number of likely N-dealkylation sites (tertiary alicyclic amines) is 1. The van der Waals surface area contributed by atoms with Gasteiger partial charge in [-0.1, -0.05) is 13.8 Å². The molecule has 106 valence electrons. The first-order valence-corrected chi connectivity index (χ1v) is 6.80. The molecular weight excluding hydrogens is 244 g/mol. The Hall–Kier alpha value is -1.43. The Kier molecular flexibility index (Phi) is 4.52. The Labute approximate surface area is 113 Å². The van der Waals surface area contributed by atoms with Gasteiger partial charge in [0.2, 0.25) is 0 Å². The number of nitrogens with zero attached hydrogens (tertiary/aromatic N) is 4. The average molecular weight is 266 g/mol. The number of rotatable bonds is 5. The number of ether oxygens (including phenoxy) is 1. The van der Waals surface area contributed by atoms with Crippen molar-refractivity contribution in [3.05, 3.63) is 12.2 Å². The first-order chi connectivity index (χ1) is 9.11. The van der Waals surface area contributed by atoms with Gasteiger partial charge in [0.15, 0.2) is 0 Å². The zero-order chi connectivity index (χ0) is 13.8. The van der Waals surface area contributed by atoms with E-state index in [4.69, 9.17) is 4.74 Å². The molecular formula is C13H22N4O2. The lowest BCUT2D eigenvalue weighted by molar-refractivity contribution is -0.146. The van der Waals surface area contributed by atoms with Crippen molar-refractivity contribution in [1.82, 2.24) is 19.7 Å². The minimum absolute atomic E-state index is 0.130. The van der Waals surface area contributed by atoms with E-state index in [1.807, 2.05) is 4.68 Å². The van der Waals surface area contributed by atoms with Crippen LogP contribution in [-0.4, -0.2) is 45.3 Å². The van der Waals surface area contributed by atoms with Crippen molar-refractivity contribution in [1.29, 1.82) is 0 Å². The summed E-state index contributed by atoms with van der Waals surface area (Å²) >= 11 is 0. The van der Waals surface area contributed by atoms with Crippen molar-refractivity contribution in [2.45, 2.75) is 45.8 Å². The normalized spacial score (nSPS) is 20.1. The predicted molar refractivity (Wildman–Crippen MR) is 70.3 cm³/mol. The molecule has 0 aliphatic carbocycles. The van der Waals surface area contributed by atoms with Crippen LogP contribution in [0.15, 0.2) is 6.33 Å². The fourth-order valence-corrected chi connectivity index (χ4v) is 2.51. The molecule has 6 heteroatoms. The zero-order valence-electron chi connectivity index (χ0n) is 11.9. The second kappa shape index (κ2) is 6.14. The van der Waals surface area contributed by atoms with Crippen molar-refractivity contribution < 1.29 is 9.53 Å². The lowest BCUT2D eigenvalue weighted by Gasteiger charge is -2.22. The van der Waals surface area contributed by atoms with Crippen LogP contribution in [0.2, 0.25) is 0 Å². The van der Waals surface area contributed by atoms with Gasteiger partial charge in [-0.2, -0.15) is 5.10 Å². The molecule has 0 amide bonds. The van der Waals surface area contributed by atoms with E-state index >= 15 is 0 Å². The van der Waals surface area contributed by atoms with Gasteiger partial charge in [-0.3, -0.25) is 9.69 Å². The van der Waals surface area contributed by atoms with Gasteiger partial charge in [-0.25, -0.2) is 9.67 Å². The molecule has 1 saturated heterocycles. The third kappa shape index (κ3) is 3.32. The van der Waals surface area contributed by atoms with Crippen LogP contribution in [0.25, 0.3) is 0 Å². The SMILES string of the molecule is COC(=O)C1CCCN1Cc1ncnn1CC(C)C. The van der Waals surface area contributed by atoms with Gasteiger partial charge in [0, 0.05) is 6.54 Å². The molecule has 0 radical (unpaired) electrons. The Morgan fingerprint density at radius 2 is 2.37 bits per heavy atom. The average Bonchev–Trinajstić information content (AvgIpc) is 2.98. The summed E-state index contributed by atoms with van der Waals surface area (Å²) in [5.74, 6) is 1.30. The van der Waals surface area contributed by atoms with Crippen molar-refractivity contribution in [3.63, 3.8) is 0 Å². The van der Waals surface area contributed by atoms with Crippen LogP contribution in [0.1, 0.15) is 32.5 Å². The summed E-state index contributed by atoms with van der Waals surface area (Å²) < 4.78 is 6.78. The fourth-order valence-electron chi connectivity index (χ4n) is 2.51. The second-order valence-corrected chi connectivity index (χ2v) is 5.40. The molecule has 2 rings (SSSR count). The number of carbonyl (C=O) groups excluding carboxylic acids is 1. The molecule has 1 aromatic rings. The zero-order valence-corrected chi connectivity index (χ0v) is 11.9. The van der Waals surface area contributed by atoms with Crippen LogP contribution in [0.4, 0.5) is 0 Å². The standard InChI is InChI=1S/C13H22N4O2/c1-10(2)7-17-12(14-9-15-17)8-16-6-4-5-11(16)13(18)19-3/h9-11H,4-8H2,1-3H3. The molecule has 19 heavy (non-hydrogen) atoms. The third-order valence-corrected chi connectivity index (χ3v) is 3.42. The summed E-state index contributed by atoms with van der Waals surface area (Å²) in [6.07, 6.45) is 3.48. The van der Waals surface area contributed by atoms with E-state index in [-0.39, 0.29) is 12.0 Å². The Morgan fingerprint density at radius 3 is 3.05 bits per heavy atom. The number of methoxy groups -OCH3 is 1. The smallest absolute Gasteiger partial charge is 0.323 e. The van der Waals surface area contributed by atoms with Crippen LogP contribution in [0, 0.1) is 5.92 Å². The van der Waals surface area contributed by atoms with Crippen LogP contribution < -0.4 is 0 Å². The number of hydrogen-bond donors (Lipinski definition) is 0. The summed E-state index contributed by atoms with van der Waals surface area (Å²) in [6, 6.07) is -0.130. The lowest BCUT2D eigenvalue weighted by Crippen LogP contribution is -2.37. The first kappa shape index (κ1) is 14.0. The number of carbonyl (C=O) groups is 1. The summed E-state index contributed by atoms with van der Waals surface area (Å²) in [7, 11) is 1.44. The highest BCUT2D eigenvalue weighted by Crippen LogP contribution is 2.20. The number of aromatic nitrogens is 3. The summed E-state index contributed by atoms with van der Waals surface area (Å²) in [6.45, 7) is 6.73. The molecule has 0 saturated carbocycles. The van der Waals surface area contributed by atoms with Crippen LogP contribution >= 0.6 is 0 Å². The van der Waals surface area contributed by atoms with Gasteiger partial charge in [0.05, 0.1) is 13.7 Å². The summed E-state index contributed by atoms with van der Waals surface area (Å²) in [5.41, 5.74) is 0. The maximum absolute atomic E-state index is 11.7. The Morgan fingerprint density at radius 1 is 1.58 bits per heavy atom. The predicted octanol–water partition coefficient (Wildman–Crippen LogP) is 1.07. The molecule has 0 N–H and O–H groups in total. The van der Waals surface area contributed by atoms with E-state index < -0.39 is 0 Å². The molecule has 0 aromatic carbocycles.